The highest BCUT2D eigenvalue weighted by molar-refractivity contribution is 5.89. The number of benzene rings is 1. The van der Waals surface area contributed by atoms with E-state index in [0.717, 1.165) is 22.3 Å². The normalized spacial score (nSPS) is 11.0. The molecule has 0 saturated heterocycles. The van der Waals surface area contributed by atoms with Crippen molar-refractivity contribution in [3.63, 3.8) is 0 Å². The van der Waals surface area contributed by atoms with Crippen molar-refractivity contribution in [3.05, 3.63) is 35.5 Å². The number of hydrogen-bond donors (Lipinski definition) is 3. The van der Waals surface area contributed by atoms with Gasteiger partial charge in [0.1, 0.15) is 5.82 Å². The molecule has 0 spiro atoms. The van der Waals surface area contributed by atoms with Crippen molar-refractivity contribution >= 4 is 28.5 Å². The van der Waals surface area contributed by atoms with Gasteiger partial charge in [0, 0.05) is 25.9 Å². The summed E-state index contributed by atoms with van der Waals surface area (Å²) in [5.74, 6) is 1.24. The molecule has 0 fully saturated rings. The number of aliphatic hydroxyl groups is 1. The summed E-state index contributed by atoms with van der Waals surface area (Å²) in [6.45, 7) is 4.87. The summed E-state index contributed by atoms with van der Waals surface area (Å²) in [5, 5.41) is 20.6. The third-order valence-electron chi connectivity index (χ3n) is 3.86. The molecule has 0 bridgehead atoms. The number of fused-ring (bicyclic) bond motifs is 1. The molecule has 0 aliphatic heterocycles. The number of aromatic nitrogens is 4. The average molecular weight is 326 g/mol. The van der Waals surface area contributed by atoms with Crippen LogP contribution in [0.5, 0.6) is 0 Å². The molecule has 2 aromatic heterocycles. The molecular weight excluding hydrogens is 304 g/mol. The molecule has 24 heavy (non-hydrogen) atoms. The van der Waals surface area contributed by atoms with Gasteiger partial charge in [-0.1, -0.05) is 12.1 Å². The van der Waals surface area contributed by atoms with Gasteiger partial charge in [0.15, 0.2) is 5.65 Å². The van der Waals surface area contributed by atoms with Crippen LogP contribution in [0.3, 0.4) is 0 Å². The lowest BCUT2D eigenvalue weighted by Gasteiger charge is -2.12. The van der Waals surface area contributed by atoms with E-state index in [1.54, 1.807) is 10.9 Å². The number of nitrogens with zero attached hydrogens (tertiary/aromatic N) is 4. The highest BCUT2D eigenvalue weighted by Gasteiger charge is 2.12. The van der Waals surface area contributed by atoms with Crippen molar-refractivity contribution in [1.29, 1.82) is 0 Å². The zero-order valence-electron chi connectivity index (χ0n) is 14.2. The molecule has 1 aromatic carbocycles. The van der Waals surface area contributed by atoms with E-state index in [-0.39, 0.29) is 6.61 Å². The number of aryl methyl sites for hydroxylation is 3. The van der Waals surface area contributed by atoms with E-state index in [9.17, 15) is 0 Å². The fourth-order valence-corrected chi connectivity index (χ4v) is 2.47. The lowest BCUT2D eigenvalue weighted by atomic mass is 10.1. The van der Waals surface area contributed by atoms with E-state index < -0.39 is 0 Å². The minimum absolute atomic E-state index is 0.133. The van der Waals surface area contributed by atoms with Gasteiger partial charge in [0.05, 0.1) is 11.6 Å². The second-order valence-electron chi connectivity index (χ2n) is 5.85. The van der Waals surface area contributed by atoms with Crippen LogP contribution in [0.4, 0.5) is 17.5 Å². The first kappa shape index (κ1) is 16.2. The molecule has 2 heterocycles. The monoisotopic (exact) mass is 326 g/mol. The van der Waals surface area contributed by atoms with E-state index in [0.29, 0.717) is 24.7 Å². The molecule has 0 radical (unpaired) electrons. The summed E-state index contributed by atoms with van der Waals surface area (Å²) >= 11 is 0. The van der Waals surface area contributed by atoms with Crippen molar-refractivity contribution in [2.24, 2.45) is 7.05 Å². The quantitative estimate of drug-likeness (QED) is 0.603. The molecule has 0 aliphatic rings. The van der Waals surface area contributed by atoms with Crippen LogP contribution in [-0.4, -0.2) is 38.0 Å². The fourth-order valence-electron chi connectivity index (χ4n) is 2.47. The zero-order valence-corrected chi connectivity index (χ0v) is 14.2. The summed E-state index contributed by atoms with van der Waals surface area (Å²) in [5.41, 5.74) is 4.09. The summed E-state index contributed by atoms with van der Waals surface area (Å²) in [6, 6.07) is 6.26. The van der Waals surface area contributed by atoms with E-state index in [2.05, 4.69) is 57.7 Å². The predicted molar refractivity (Wildman–Crippen MR) is 95.7 cm³/mol. The Kier molecular flexibility index (Phi) is 4.61. The summed E-state index contributed by atoms with van der Waals surface area (Å²) < 4.78 is 1.72. The Hall–Kier alpha value is -2.67. The maximum Gasteiger partial charge on any atom is 0.226 e. The average Bonchev–Trinajstić information content (AvgIpc) is 2.93. The molecular formula is C17H22N6O. The lowest BCUT2D eigenvalue weighted by Crippen LogP contribution is -2.09. The highest BCUT2D eigenvalue weighted by atomic mass is 16.3. The van der Waals surface area contributed by atoms with Crippen LogP contribution in [-0.2, 0) is 7.05 Å². The summed E-state index contributed by atoms with van der Waals surface area (Å²) in [6.07, 6.45) is 2.41. The van der Waals surface area contributed by atoms with Gasteiger partial charge in [0.2, 0.25) is 5.95 Å². The Morgan fingerprint density at radius 1 is 1.21 bits per heavy atom. The first-order chi connectivity index (χ1) is 11.6. The van der Waals surface area contributed by atoms with Gasteiger partial charge in [0.25, 0.3) is 0 Å². The van der Waals surface area contributed by atoms with Crippen molar-refractivity contribution in [3.8, 4) is 0 Å². The second-order valence-corrected chi connectivity index (χ2v) is 5.85. The lowest BCUT2D eigenvalue weighted by molar-refractivity contribution is 0.292. The van der Waals surface area contributed by atoms with Crippen LogP contribution >= 0.6 is 0 Å². The van der Waals surface area contributed by atoms with Gasteiger partial charge in [-0.05, 0) is 37.5 Å². The van der Waals surface area contributed by atoms with Crippen LogP contribution in [0.1, 0.15) is 17.5 Å². The van der Waals surface area contributed by atoms with Crippen molar-refractivity contribution in [2.75, 3.05) is 23.8 Å². The first-order valence-corrected chi connectivity index (χ1v) is 7.97. The molecule has 3 aromatic rings. The fraction of sp³-hybridized carbons (Fsp3) is 0.353. The molecule has 0 atom stereocenters. The molecule has 0 aliphatic carbocycles. The minimum Gasteiger partial charge on any atom is -0.396 e. The maximum absolute atomic E-state index is 8.93. The minimum atomic E-state index is 0.133. The number of aliphatic hydroxyl groups excluding tert-OH is 1. The van der Waals surface area contributed by atoms with Crippen molar-refractivity contribution < 1.29 is 5.11 Å². The third-order valence-corrected chi connectivity index (χ3v) is 3.86. The van der Waals surface area contributed by atoms with E-state index in [1.807, 2.05) is 7.05 Å². The smallest absolute Gasteiger partial charge is 0.226 e. The van der Waals surface area contributed by atoms with Crippen molar-refractivity contribution in [1.82, 2.24) is 19.7 Å². The largest absolute Gasteiger partial charge is 0.396 e. The molecule has 0 saturated carbocycles. The topological polar surface area (TPSA) is 87.9 Å². The molecule has 7 heteroatoms. The number of nitrogens with one attached hydrogen (secondary N) is 2. The Morgan fingerprint density at radius 2 is 2.04 bits per heavy atom. The molecule has 0 amide bonds. The van der Waals surface area contributed by atoms with Gasteiger partial charge in [-0.15, -0.1) is 0 Å². The standard InChI is InChI=1S/C17H22N6O/c1-11-5-6-12(2)14(9-11)20-15-13-10-19-23(3)16(13)22-17(21-15)18-7-4-8-24/h5-6,9-10,24H,4,7-8H2,1-3H3,(H2,18,20,21,22). The zero-order chi connectivity index (χ0) is 17.1. The second kappa shape index (κ2) is 6.84. The Balaban J connectivity index is 2.00. The van der Waals surface area contributed by atoms with Crippen LogP contribution in [0, 0.1) is 13.8 Å². The van der Waals surface area contributed by atoms with Crippen LogP contribution in [0.25, 0.3) is 11.0 Å². The highest BCUT2D eigenvalue weighted by Crippen LogP contribution is 2.27. The number of anilines is 3. The van der Waals surface area contributed by atoms with Gasteiger partial charge < -0.3 is 15.7 Å². The Labute approximate surface area is 140 Å². The predicted octanol–water partition coefficient (Wildman–Crippen LogP) is 2.52. The Bertz CT molecular complexity index is 858. The molecule has 0 unspecified atom stereocenters. The van der Waals surface area contributed by atoms with Gasteiger partial charge in [-0.3, -0.25) is 4.68 Å². The number of hydrogen-bond acceptors (Lipinski definition) is 6. The summed E-state index contributed by atoms with van der Waals surface area (Å²) in [7, 11) is 1.86. The van der Waals surface area contributed by atoms with Gasteiger partial charge in [-0.25, -0.2) is 0 Å². The van der Waals surface area contributed by atoms with Gasteiger partial charge in [-0.2, -0.15) is 15.1 Å². The van der Waals surface area contributed by atoms with Crippen molar-refractivity contribution in [2.45, 2.75) is 20.3 Å². The summed E-state index contributed by atoms with van der Waals surface area (Å²) in [4.78, 5) is 9.09. The molecule has 3 N–H and O–H groups in total. The van der Waals surface area contributed by atoms with Crippen LogP contribution < -0.4 is 10.6 Å². The SMILES string of the molecule is Cc1ccc(C)c(Nc2nc(NCCCO)nc3c2cnn3C)c1. The molecule has 126 valence electrons. The molecule has 3 rings (SSSR count). The third kappa shape index (κ3) is 3.30. The van der Waals surface area contributed by atoms with E-state index >= 15 is 0 Å². The maximum atomic E-state index is 8.93. The van der Waals surface area contributed by atoms with Crippen LogP contribution in [0.2, 0.25) is 0 Å². The Morgan fingerprint density at radius 3 is 2.83 bits per heavy atom. The van der Waals surface area contributed by atoms with Gasteiger partial charge >= 0.3 is 0 Å². The first-order valence-electron chi connectivity index (χ1n) is 7.97. The van der Waals surface area contributed by atoms with Crippen LogP contribution in [0.15, 0.2) is 24.4 Å². The van der Waals surface area contributed by atoms with E-state index in [4.69, 9.17) is 5.11 Å². The number of rotatable bonds is 6. The molecule has 7 nitrogen and oxygen atoms in total. The van der Waals surface area contributed by atoms with E-state index in [1.165, 1.54) is 5.56 Å².